The Hall–Kier alpha value is -1.34. The third kappa shape index (κ3) is 3.85. The summed E-state index contributed by atoms with van der Waals surface area (Å²) in [4.78, 5) is 12.1. The van der Waals surface area contributed by atoms with Crippen LogP contribution in [0.2, 0.25) is 0 Å². The van der Waals surface area contributed by atoms with Crippen molar-refractivity contribution in [2.24, 2.45) is 0 Å². The number of hydrogen-bond acceptors (Lipinski definition) is 1. The van der Waals surface area contributed by atoms with Crippen molar-refractivity contribution in [3.63, 3.8) is 0 Å². The summed E-state index contributed by atoms with van der Waals surface area (Å²) in [7, 11) is 0. The van der Waals surface area contributed by atoms with Gasteiger partial charge in [0.1, 0.15) is 0 Å². The molecule has 0 unspecified atom stereocenters. The maximum absolute atomic E-state index is 12.7. The van der Waals surface area contributed by atoms with E-state index in [1.807, 2.05) is 0 Å². The quantitative estimate of drug-likeness (QED) is 0.681. The Kier molecular flexibility index (Phi) is 4.73. The Morgan fingerprint density at radius 1 is 1.00 bits per heavy atom. The average Bonchev–Trinajstić information content (AvgIpc) is 2.40. The zero-order chi connectivity index (χ0) is 15.6. The van der Waals surface area contributed by atoms with E-state index in [1.54, 1.807) is 24.3 Å². The summed E-state index contributed by atoms with van der Waals surface area (Å²) in [6.45, 7) is 0. The maximum atomic E-state index is 12.7. The van der Waals surface area contributed by atoms with E-state index in [-0.39, 0.29) is 5.69 Å². The minimum absolute atomic E-state index is 0.0607. The van der Waals surface area contributed by atoms with Crippen LogP contribution in [-0.2, 0) is 6.18 Å². The van der Waals surface area contributed by atoms with E-state index in [4.69, 9.17) is 0 Å². The molecule has 2 rings (SSSR count). The molecule has 2 nitrogen and oxygen atoms in total. The van der Waals surface area contributed by atoms with Gasteiger partial charge in [-0.1, -0.05) is 12.1 Å². The summed E-state index contributed by atoms with van der Waals surface area (Å²) < 4.78 is 39.0. The van der Waals surface area contributed by atoms with E-state index < -0.39 is 17.6 Å². The van der Waals surface area contributed by atoms with E-state index in [2.05, 4.69) is 37.2 Å². The van der Waals surface area contributed by atoms with Gasteiger partial charge in [0.2, 0.25) is 0 Å². The highest BCUT2D eigenvalue weighted by molar-refractivity contribution is 9.11. The molecule has 0 bridgehead atoms. The van der Waals surface area contributed by atoms with E-state index in [0.29, 0.717) is 14.5 Å². The van der Waals surface area contributed by atoms with Crippen molar-refractivity contribution in [3.8, 4) is 0 Å². The van der Waals surface area contributed by atoms with Crippen LogP contribution in [0.4, 0.5) is 18.9 Å². The molecule has 0 fully saturated rings. The lowest BCUT2D eigenvalue weighted by atomic mass is 10.1. The van der Waals surface area contributed by atoms with Crippen molar-refractivity contribution in [1.82, 2.24) is 0 Å². The molecule has 2 aromatic rings. The Morgan fingerprint density at radius 2 is 1.67 bits per heavy atom. The van der Waals surface area contributed by atoms with Gasteiger partial charge in [-0.05, 0) is 62.2 Å². The molecular formula is C14H8Br2F3NO. The molecular weight excluding hydrogens is 415 g/mol. The van der Waals surface area contributed by atoms with E-state index in [1.165, 1.54) is 6.07 Å². The largest absolute Gasteiger partial charge is 0.416 e. The van der Waals surface area contributed by atoms with Crippen LogP contribution in [0.25, 0.3) is 0 Å². The van der Waals surface area contributed by atoms with Crippen molar-refractivity contribution in [3.05, 3.63) is 62.5 Å². The first kappa shape index (κ1) is 16.0. The van der Waals surface area contributed by atoms with Gasteiger partial charge >= 0.3 is 6.18 Å². The first-order chi connectivity index (χ1) is 9.79. The van der Waals surface area contributed by atoms with Gasteiger partial charge in [-0.25, -0.2) is 0 Å². The zero-order valence-corrected chi connectivity index (χ0v) is 13.5. The molecule has 1 amide bonds. The van der Waals surface area contributed by atoms with E-state index in [9.17, 15) is 18.0 Å². The number of carbonyl (C=O) groups is 1. The summed E-state index contributed by atoms with van der Waals surface area (Å²) in [5.74, 6) is -0.498. The van der Waals surface area contributed by atoms with E-state index in [0.717, 1.165) is 12.1 Å². The number of nitrogens with one attached hydrogen (secondary N) is 1. The van der Waals surface area contributed by atoms with E-state index >= 15 is 0 Å². The molecule has 0 spiro atoms. The van der Waals surface area contributed by atoms with Crippen LogP contribution in [0.3, 0.4) is 0 Å². The molecule has 0 aliphatic rings. The molecule has 7 heteroatoms. The predicted octanol–water partition coefficient (Wildman–Crippen LogP) is 5.48. The second kappa shape index (κ2) is 6.19. The highest BCUT2D eigenvalue weighted by Crippen LogP contribution is 2.34. The molecule has 2 aromatic carbocycles. The number of hydrogen-bond donors (Lipinski definition) is 1. The smallest absolute Gasteiger partial charge is 0.321 e. The number of anilines is 1. The summed E-state index contributed by atoms with van der Waals surface area (Å²) in [5, 5.41) is 2.46. The molecule has 0 aliphatic carbocycles. The first-order valence-corrected chi connectivity index (χ1v) is 7.30. The van der Waals surface area contributed by atoms with Crippen LogP contribution in [0.15, 0.2) is 51.4 Å². The van der Waals surface area contributed by atoms with Gasteiger partial charge in [0.15, 0.2) is 0 Å². The summed E-state index contributed by atoms with van der Waals surface area (Å²) in [6.07, 6.45) is -4.46. The predicted molar refractivity (Wildman–Crippen MR) is 81.2 cm³/mol. The third-order valence-electron chi connectivity index (χ3n) is 2.66. The highest BCUT2D eigenvalue weighted by atomic mass is 79.9. The average molecular weight is 423 g/mol. The first-order valence-electron chi connectivity index (χ1n) is 5.71. The molecule has 0 aromatic heterocycles. The lowest BCUT2D eigenvalue weighted by Crippen LogP contribution is -2.14. The van der Waals surface area contributed by atoms with Crippen LogP contribution in [0.1, 0.15) is 15.9 Å². The van der Waals surface area contributed by atoms with Gasteiger partial charge in [0, 0.05) is 8.95 Å². The SMILES string of the molecule is O=C(Nc1cc(C(F)(F)F)ccc1Br)c1ccccc1Br. The monoisotopic (exact) mass is 421 g/mol. The van der Waals surface area contributed by atoms with Crippen molar-refractivity contribution in [2.45, 2.75) is 6.18 Å². The number of benzene rings is 2. The molecule has 0 heterocycles. The van der Waals surface area contributed by atoms with Gasteiger partial charge < -0.3 is 5.32 Å². The summed E-state index contributed by atoms with van der Waals surface area (Å²) >= 11 is 6.35. The molecule has 0 saturated carbocycles. The number of carbonyl (C=O) groups excluding carboxylic acids is 1. The summed E-state index contributed by atoms with van der Waals surface area (Å²) in [6, 6.07) is 9.73. The second-order valence-electron chi connectivity index (χ2n) is 4.13. The zero-order valence-electron chi connectivity index (χ0n) is 10.3. The van der Waals surface area contributed by atoms with Crippen molar-refractivity contribution < 1.29 is 18.0 Å². The lowest BCUT2D eigenvalue weighted by Gasteiger charge is -2.12. The molecule has 1 N–H and O–H groups in total. The number of amides is 1. The number of rotatable bonds is 2. The van der Waals surface area contributed by atoms with Gasteiger partial charge in [-0.2, -0.15) is 13.2 Å². The topological polar surface area (TPSA) is 29.1 Å². The fourth-order valence-corrected chi connectivity index (χ4v) is 2.44. The molecule has 0 radical (unpaired) electrons. The van der Waals surface area contributed by atoms with Crippen LogP contribution < -0.4 is 5.32 Å². The number of halogens is 5. The normalized spacial score (nSPS) is 11.3. The maximum Gasteiger partial charge on any atom is 0.416 e. The molecule has 0 aliphatic heterocycles. The molecule has 0 atom stereocenters. The minimum atomic E-state index is -4.46. The van der Waals surface area contributed by atoms with Crippen LogP contribution in [-0.4, -0.2) is 5.91 Å². The van der Waals surface area contributed by atoms with Crippen LogP contribution in [0.5, 0.6) is 0 Å². The van der Waals surface area contributed by atoms with Gasteiger partial charge in [-0.15, -0.1) is 0 Å². The standard InChI is InChI=1S/C14H8Br2F3NO/c15-10-4-2-1-3-9(10)13(21)20-12-7-8(14(17,18)19)5-6-11(12)16/h1-7H,(H,20,21). The second-order valence-corrected chi connectivity index (χ2v) is 5.84. The van der Waals surface area contributed by atoms with Crippen molar-refractivity contribution in [2.75, 3.05) is 5.32 Å². The van der Waals surface area contributed by atoms with Gasteiger partial charge in [-0.3, -0.25) is 4.79 Å². The van der Waals surface area contributed by atoms with Crippen molar-refractivity contribution >= 4 is 43.5 Å². The Balaban J connectivity index is 2.31. The van der Waals surface area contributed by atoms with Crippen molar-refractivity contribution in [1.29, 1.82) is 0 Å². The Bertz CT molecular complexity index is 686. The molecule has 21 heavy (non-hydrogen) atoms. The Morgan fingerprint density at radius 3 is 2.29 bits per heavy atom. The highest BCUT2D eigenvalue weighted by Gasteiger charge is 2.31. The Labute approximate surface area is 135 Å². The summed E-state index contributed by atoms with van der Waals surface area (Å²) in [5.41, 5.74) is -0.430. The van der Waals surface area contributed by atoms with Crippen LogP contribution >= 0.6 is 31.9 Å². The van der Waals surface area contributed by atoms with Gasteiger partial charge in [0.05, 0.1) is 16.8 Å². The molecule has 0 saturated heterocycles. The number of alkyl halides is 3. The van der Waals surface area contributed by atoms with Crippen LogP contribution in [0, 0.1) is 0 Å². The third-order valence-corrected chi connectivity index (χ3v) is 4.04. The minimum Gasteiger partial charge on any atom is -0.321 e. The van der Waals surface area contributed by atoms with Gasteiger partial charge in [0.25, 0.3) is 5.91 Å². The molecule has 110 valence electrons. The fraction of sp³-hybridized carbons (Fsp3) is 0.0714. The fourth-order valence-electron chi connectivity index (χ4n) is 1.63. The lowest BCUT2D eigenvalue weighted by molar-refractivity contribution is -0.137.